The fourth-order valence-corrected chi connectivity index (χ4v) is 2.74. The van der Waals surface area contributed by atoms with Gasteiger partial charge < -0.3 is 15.6 Å². The number of nitrogens with one attached hydrogen (secondary N) is 1. The average molecular weight is 324 g/mol. The lowest BCUT2D eigenvalue weighted by molar-refractivity contribution is 0.0949. The summed E-state index contributed by atoms with van der Waals surface area (Å²) < 4.78 is 2.19. The number of nitrogens with zero attached hydrogens (tertiary/aromatic N) is 4. The monoisotopic (exact) mass is 324 g/mol. The van der Waals surface area contributed by atoms with Crippen molar-refractivity contribution >= 4 is 22.8 Å². The van der Waals surface area contributed by atoms with Gasteiger partial charge >= 0.3 is 0 Å². The minimum Gasteiger partial charge on any atom is -0.382 e. The topological polar surface area (TPSA) is 98.7 Å². The molecule has 0 aliphatic carbocycles. The van der Waals surface area contributed by atoms with Gasteiger partial charge in [0.15, 0.2) is 11.5 Å². The third-order valence-electron chi connectivity index (χ3n) is 3.76. The van der Waals surface area contributed by atoms with E-state index in [9.17, 15) is 4.79 Å². The van der Waals surface area contributed by atoms with E-state index >= 15 is 0 Å². The lowest BCUT2D eigenvalue weighted by atomic mass is 10.3. The second kappa shape index (κ2) is 6.66. The molecule has 0 unspecified atom stereocenters. The molecule has 7 nitrogen and oxygen atoms in total. The smallest absolute Gasteiger partial charge is 0.273 e. The number of para-hydroxylation sites is 2. The van der Waals surface area contributed by atoms with E-state index < -0.39 is 0 Å². The molecule has 0 aliphatic rings. The molecule has 2 aromatic heterocycles. The maximum absolute atomic E-state index is 12.1. The van der Waals surface area contributed by atoms with Gasteiger partial charge in [-0.25, -0.2) is 15.0 Å². The largest absolute Gasteiger partial charge is 0.382 e. The third-order valence-corrected chi connectivity index (χ3v) is 3.76. The van der Waals surface area contributed by atoms with Crippen molar-refractivity contribution in [1.29, 1.82) is 0 Å². The number of fused-ring (bicyclic) bond motifs is 1. The Morgan fingerprint density at radius 3 is 2.75 bits per heavy atom. The Morgan fingerprint density at radius 1 is 1.25 bits per heavy atom. The second-order valence-corrected chi connectivity index (χ2v) is 5.78. The summed E-state index contributed by atoms with van der Waals surface area (Å²) in [6, 6.07) is 8.33. The van der Waals surface area contributed by atoms with E-state index in [0.29, 0.717) is 19.0 Å². The van der Waals surface area contributed by atoms with E-state index in [1.807, 2.05) is 18.2 Å². The van der Waals surface area contributed by atoms with Crippen LogP contribution >= 0.6 is 0 Å². The van der Waals surface area contributed by atoms with Gasteiger partial charge in [0.2, 0.25) is 0 Å². The summed E-state index contributed by atoms with van der Waals surface area (Å²) in [7, 11) is 0. The molecule has 0 bridgehead atoms. The number of carbonyl (C=O) groups excluding carboxylic acids is 1. The summed E-state index contributed by atoms with van der Waals surface area (Å²) >= 11 is 0. The van der Waals surface area contributed by atoms with Crippen molar-refractivity contribution in [2.45, 2.75) is 26.3 Å². The van der Waals surface area contributed by atoms with Crippen LogP contribution in [-0.2, 0) is 6.42 Å². The molecule has 124 valence electrons. The summed E-state index contributed by atoms with van der Waals surface area (Å²) in [6.45, 7) is 4.69. The van der Waals surface area contributed by atoms with Crippen LogP contribution in [0.25, 0.3) is 11.0 Å². The van der Waals surface area contributed by atoms with Crippen LogP contribution in [0.1, 0.15) is 36.2 Å². The van der Waals surface area contributed by atoms with E-state index in [2.05, 4.69) is 44.7 Å². The molecule has 0 spiro atoms. The fraction of sp³-hybridized carbons (Fsp3) is 0.294. The molecule has 0 fully saturated rings. The average Bonchev–Trinajstić information content (AvgIpc) is 2.93. The highest BCUT2D eigenvalue weighted by atomic mass is 16.1. The maximum Gasteiger partial charge on any atom is 0.273 e. The summed E-state index contributed by atoms with van der Waals surface area (Å²) in [5.41, 5.74) is 7.88. The summed E-state index contributed by atoms with van der Waals surface area (Å²) in [5, 5.41) is 2.82. The molecule has 24 heavy (non-hydrogen) atoms. The lowest BCUT2D eigenvalue weighted by Crippen LogP contribution is -2.28. The normalized spacial score (nSPS) is 11.1. The van der Waals surface area contributed by atoms with Gasteiger partial charge in [-0.1, -0.05) is 12.1 Å². The quantitative estimate of drug-likeness (QED) is 0.747. The molecule has 3 rings (SSSR count). The molecular weight excluding hydrogens is 304 g/mol. The number of amides is 1. The lowest BCUT2D eigenvalue weighted by Gasteiger charge is -2.13. The molecule has 1 aromatic carbocycles. The Labute approximate surface area is 139 Å². The van der Waals surface area contributed by atoms with Crippen LogP contribution in [0, 0.1) is 0 Å². The first kappa shape index (κ1) is 15.9. The van der Waals surface area contributed by atoms with E-state index in [-0.39, 0.29) is 17.4 Å². The summed E-state index contributed by atoms with van der Waals surface area (Å²) in [6.07, 6.45) is 3.53. The van der Waals surface area contributed by atoms with Crippen molar-refractivity contribution in [3.8, 4) is 0 Å². The van der Waals surface area contributed by atoms with E-state index in [4.69, 9.17) is 5.73 Å². The molecule has 0 saturated carbocycles. The molecule has 0 atom stereocenters. The molecule has 3 N–H and O–H groups in total. The van der Waals surface area contributed by atoms with Crippen LogP contribution in [0.15, 0.2) is 36.7 Å². The van der Waals surface area contributed by atoms with Gasteiger partial charge in [0.25, 0.3) is 5.91 Å². The molecule has 2 heterocycles. The highest BCUT2D eigenvalue weighted by Crippen LogP contribution is 2.21. The number of nitrogens with two attached hydrogens (primary N) is 1. The Balaban J connectivity index is 1.73. The maximum atomic E-state index is 12.1. The van der Waals surface area contributed by atoms with Gasteiger partial charge in [-0.2, -0.15) is 0 Å². The number of hydrogen-bond acceptors (Lipinski definition) is 5. The Morgan fingerprint density at radius 2 is 2.00 bits per heavy atom. The number of rotatable bonds is 5. The molecular formula is C17H20N6O. The highest BCUT2D eigenvalue weighted by molar-refractivity contribution is 5.96. The van der Waals surface area contributed by atoms with Crippen LogP contribution in [0.4, 0.5) is 5.82 Å². The van der Waals surface area contributed by atoms with Crippen molar-refractivity contribution < 1.29 is 4.79 Å². The SMILES string of the molecule is CC(C)n1c(CCNC(=O)c2nccnc2N)nc2ccccc21. The Kier molecular flexibility index (Phi) is 4.41. The zero-order chi connectivity index (χ0) is 17.1. The molecule has 0 aliphatic heterocycles. The molecule has 0 saturated heterocycles. The Hall–Kier alpha value is -2.96. The first-order chi connectivity index (χ1) is 11.6. The minimum absolute atomic E-state index is 0.129. The minimum atomic E-state index is -0.326. The molecule has 1 amide bonds. The van der Waals surface area contributed by atoms with Gasteiger partial charge in [0, 0.05) is 31.4 Å². The van der Waals surface area contributed by atoms with Crippen LogP contribution in [0.3, 0.4) is 0 Å². The van der Waals surface area contributed by atoms with Crippen LogP contribution in [0.2, 0.25) is 0 Å². The van der Waals surface area contributed by atoms with Gasteiger partial charge in [-0.15, -0.1) is 0 Å². The van der Waals surface area contributed by atoms with Gasteiger partial charge in [-0.3, -0.25) is 4.79 Å². The predicted octanol–water partition coefficient (Wildman–Crippen LogP) is 1.96. The number of anilines is 1. The number of nitrogen functional groups attached to an aromatic ring is 1. The molecule has 3 aromatic rings. The van der Waals surface area contributed by atoms with Crippen molar-refractivity contribution in [2.75, 3.05) is 12.3 Å². The van der Waals surface area contributed by atoms with Crippen molar-refractivity contribution in [3.05, 3.63) is 48.2 Å². The van der Waals surface area contributed by atoms with E-state index in [1.165, 1.54) is 12.4 Å². The second-order valence-electron chi connectivity index (χ2n) is 5.78. The molecule has 0 radical (unpaired) electrons. The summed E-state index contributed by atoms with van der Waals surface area (Å²) in [5.74, 6) is 0.746. The van der Waals surface area contributed by atoms with E-state index in [0.717, 1.165) is 16.9 Å². The third kappa shape index (κ3) is 3.05. The number of carbonyl (C=O) groups is 1. The first-order valence-electron chi connectivity index (χ1n) is 7.88. The van der Waals surface area contributed by atoms with Crippen molar-refractivity contribution in [1.82, 2.24) is 24.8 Å². The number of imidazole rings is 1. The highest BCUT2D eigenvalue weighted by Gasteiger charge is 2.14. The van der Waals surface area contributed by atoms with Gasteiger partial charge in [0.05, 0.1) is 11.0 Å². The zero-order valence-electron chi connectivity index (χ0n) is 13.7. The van der Waals surface area contributed by atoms with Crippen molar-refractivity contribution in [3.63, 3.8) is 0 Å². The molecule has 7 heteroatoms. The van der Waals surface area contributed by atoms with Crippen LogP contribution < -0.4 is 11.1 Å². The summed E-state index contributed by atoms with van der Waals surface area (Å²) in [4.78, 5) is 24.6. The zero-order valence-corrected chi connectivity index (χ0v) is 13.7. The van der Waals surface area contributed by atoms with Crippen LogP contribution in [-0.4, -0.2) is 32.0 Å². The van der Waals surface area contributed by atoms with Crippen molar-refractivity contribution in [2.24, 2.45) is 0 Å². The number of hydrogen-bond donors (Lipinski definition) is 2. The van der Waals surface area contributed by atoms with Gasteiger partial charge in [0.1, 0.15) is 5.82 Å². The van der Waals surface area contributed by atoms with E-state index in [1.54, 1.807) is 0 Å². The first-order valence-corrected chi connectivity index (χ1v) is 7.88. The predicted molar refractivity (Wildman–Crippen MR) is 92.6 cm³/mol. The van der Waals surface area contributed by atoms with Gasteiger partial charge in [-0.05, 0) is 26.0 Å². The van der Waals surface area contributed by atoms with Crippen LogP contribution in [0.5, 0.6) is 0 Å². The number of aromatic nitrogens is 4. The fourth-order valence-electron chi connectivity index (χ4n) is 2.74. The Bertz CT molecular complexity index is 870. The number of benzene rings is 1. The standard InChI is InChI=1S/C17H20N6O/c1-11(2)23-13-6-4-3-5-12(13)22-14(23)7-8-21-17(24)15-16(18)20-10-9-19-15/h3-6,9-11H,7-8H2,1-2H3,(H2,18,20)(H,21,24).